The summed E-state index contributed by atoms with van der Waals surface area (Å²) >= 11 is 0. The zero-order chi connectivity index (χ0) is 12.1. The van der Waals surface area contributed by atoms with E-state index in [1.807, 2.05) is 26.8 Å². The van der Waals surface area contributed by atoms with Crippen molar-refractivity contribution >= 4 is 11.4 Å². The van der Waals surface area contributed by atoms with E-state index in [-0.39, 0.29) is 10.6 Å². The van der Waals surface area contributed by atoms with Crippen molar-refractivity contribution in [1.29, 1.82) is 0 Å². The molecule has 0 heterocycles. The minimum absolute atomic E-state index is 0.118. The molecule has 0 spiro atoms. The molecule has 0 aliphatic carbocycles. The Morgan fingerprint density at radius 1 is 1.50 bits per heavy atom. The molecule has 86 valence electrons. The van der Waals surface area contributed by atoms with Crippen LogP contribution in [0.2, 0.25) is 0 Å². The first kappa shape index (κ1) is 12.2. The molecule has 16 heavy (non-hydrogen) atoms. The molecule has 1 aromatic rings. The van der Waals surface area contributed by atoms with E-state index in [9.17, 15) is 10.1 Å². The van der Waals surface area contributed by atoms with Crippen LogP contribution in [-0.2, 0) is 0 Å². The van der Waals surface area contributed by atoms with Gasteiger partial charge in [-0.05, 0) is 32.4 Å². The lowest BCUT2D eigenvalue weighted by molar-refractivity contribution is -0.384. The molecule has 4 heteroatoms. The summed E-state index contributed by atoms with van der Waals surface area (Å²) < 4.78 is 0. The summed E-state index contributed by atoms with van der Waals surface area (Å²) in [4.78, 5) is 10.4. The number of anilines is 1. The Bertz CT molecular complexity index is 421. The number of allylic oxidation sites excluding steroid dienone is 1. The van der Waals surface area contributed by atoms with E-state index in [0.717, 1.165) is 5.56 Å². The number of nitro benzene ring substituents is 1. The van der Waals surface area contributed by atoms with Crippen LogP contribution < -0.4 is 5.32 Å². The van der Waals surface area contributed by atoms with Gasteiger partial charge < -0.3 is 5.32 Å². The SMILES string of the molecule is CC(C)=CCNc1cc(C)ccc1[N+](=O)[O-]. The summed E-state index contributed by atoms with van der Waals surface area (Å²) in [6, 6.07) is 5.06. The molecule has 0 bridgehead atoms. The molecule has 0 aliphatic heterocycles. The Morgan fingerprint density at radius 3 is 2.75 bits per heavy atom. The Hall–Kier alpha value is -1.84. The van der Waals surface area contributed by atoms with Crippen LogP contribution in [0.1, 0.15) is 19.4 Å². The third kappa shape index (κ3) is 3.38. The molecule has 0 radical (unpaired) electrons. The molecule has 0 saturated heterocycles. The van der Waals surface area contributed by atoms with Crippen LogP contribution in [0, 0.1) is 17.0 Å². The van der Waals surface area contributed by atoms with Crippen LogP contribution in [0.4, 0.5) is 11.4 Å². The standard InChI is InChI=1S/C12H16N2O2/c1-9(2)6-7-13-11-8-10(3)4-5-12(11)14(15)16/h4-6,8,13H,7H2,1-3H3. The topological polar surface area (TPSA) is 55.2 Å². The molecule has 0 atom stereocenters. The maximum absolute atomic E-state index is 10.8. The Labute approximate surface area is 95.1 Å². The average molecular weight is 220 g/mol. The van der Waals surface area contributed by atoms with Crippen LogP contribution >= 0.6 is 0 Å². The second-order valence-corrected chi connectivity index (χ2v) is 3.94. The van der Waals surface area contributed by atoms with Crippen LogP contribution in [0.15, 0.2) is 29.8 Å². The second kappa shape index (κ2) is 5.30. The fourth-order valence-corrected chi connectivity index (χ4v) is 1.32. The van der Waals surface area contributed by atoms with Crippen molar-refractivity contribution in [2.45, 2.75) is 20.8 Å². The zero-order valence-corrected chi connectivity index (χ0v) is 9.78. The van der Waals surface area contributed by atoms with E-state index in [0.29, 0.717) is 12.2 Å². The minimum Gasteiger partial charge on any atom is -0.376 e. The van der Waals surface area contributed by atoms with Gasteiger partial charge in [-0.3, -0.25) is 10.1 Å². The number of hydrogen-bond donors (Lipinski definition) is 1. The molecule has 1 rings (SSSR count). The van der Waals surface area contributed by atoms with Gasteiger partial charge >= 0.3 is 0 Å². The Balaban J connectivity index is 2.88. The monoisotopic (exact) mass is 220 g/mol. The minimum atomic E-state index is -0.371. The van der Waals surface area contributed by atoms with Crippen molar-refractivity contribution < 1.29 is 4.92 Å². The quantitative estimate of drug-likeness (QED) is 0.481. The predicted octanol–water partition coefficient (Wildman–Crippen LogP) is 3.28. The molecule has 0 aromatic heterocycles. The van der Waals surface area contributed by atoms with Crippen molar-refractivity contribution in [3.8, 4) is 0 Å². The number of benzene rings is 1. The van der Waals surface area contributed by atoms with E-state index in [4.69, 9.17) is 0 Å². The maximum Gasteiger partial charge on any atom is 0.292 e. The fourth-order valence-electron chi connectivity index (χ4n) is 1.32. The number of hydrogen-bond acceptors (Lipinski definition) is 3. The van der Waals surface area contributed by atoms with Gasteiger partial charge in [0.2, 0.25) is 0 Å². The summed E-state index contributed by atoms with van der Waals surface area (Å²) in [5.41, 5.74) is 2.88. The largest absolute Gasteiger partial charge is 0.376 e. The highest BCUT2D eigenvalue weighted by Crippen LogP contribution is 2.24. The normalized spacial score (nSPS) is 9.69. The van der Waals surface area contributed by atoms with Gasteiger partial charge in [0.1, 0.15) is 5.69 Å². The smallest absolute Gasteiger partial charge is 0.292 e. The third-order valence-corrected chi connectivity index (χ3v) is 2.15. The first-order valence-corrected chi connectivity index (χ1v) is 5.13. The van der Waals surface area contributed by atoms with Gasteiger partial charge in [0.15, 0.2) is 0 Å². The molecular weight excluding hydrogens is 204 g/mol. The van der Waals surface area contributed by atoms with Gasteiger partial charge in [0.05, 0.1) is 4.92 Å². The highest BCUT2D eigenvalue weighted by atomic mass is 16.6. The second-order valence-electron chi connectivity index (χ2n) is 3.94. The van der Waals surface area contributed by atoms with E-state index < -0.39 is 0 Å². The van der Waals surface area contributed by atoms with Gasteiger partial charge in [0, 0.05) is 12.6 Å². The Morgan fingerprint density at radius 2 is 2.19 bits per heavy atom. The number of nitrogens with zero attached hydrogens (tertiary/aromatic N) is 1. The number of nitro groups is 1. The zero-order valence-electron chi connectivity index (χ0n) is 9.78. The molecule has 4 nitrogen and oxygen atoms in total. The lowest BCUT2D eigenvalue weighted by Gasteiger charge is -2.05. The molecule has 0 unspecified atom stereocenters. The van der Waals surface area contributed by atoms with E-state index >= 15 is 0 Å². The predicted molar refractivity (Wildman–Crippen MR) is 65.8 cm³/mol. The summed E-state index contributed by atoms with van der Waals surface area (Å²) in [6.45, 7) is 6.50. The summed E-state index contributed by atoms with van der Waals surface area (Å²) in [5.74, 6) is 0. The lowest BCUT2D eigenvalue weighted by atomic mass is 10.2. The fraction of sp³-hybridized carbons (Fsp3) is 0.333. The number of rotatable bonds is 4. The summed E-state index contributed by atoms with van der Waals surface area (Å²) in [7, 11) is 0. The molecular formula is C12H16N2O2. The molecule has 0 amide bonds. The molecule has 0 fully saturated rings. The van der Waals surface area contributed by atoms with Gasteiger partial charge in [-0.15, -0.1) is 0 Å². The van der Waals surface area contributed by atoms with E-state index in [1.165, 1.54) is 11.6 Å². The van der Waals surface area contributed by atoms with Gasteiger partial charge in [-0.25, -0.2) is 0 Å². The van der Waals surface area contributed by atoms with Crippen LogP contribution in [-0.4, -0.2) is 11.5 Å². The highest BCUT2D eigenvalue weighted by molar-refractivity contribution is 5.62. The molecule has 0 saturated carbocycles. The van der Waals surface area contributed by atoms with Crippen molar-refractivity contribution in [1.82, 2.24) is 0 Å². The van der Waals surface area contributed by atoms with Crippen LogP contribution in [0.25, 0.3) is 0 Å². The first-order chi connectivity index (χ1) is 7.50. The Kier molecular flexibility index (Phi) is 4.05. The van der Waals surface area contributed by atoms with E-state index in [1.54, 1.807) is 12.1 Å². The number of aryl methyl sites for hydroxylation is 1. The first-order valence-electron chi connectivity index (χ1n) is 5.13. The molecule has 0 aliphatic rings. The summed E-state index contributed by atoms with van der Waals surface area (Å²) in [6.07, 6.45) is 1.99. The molecule has 1 N–H and O–H groups in total. The van der Waals surface area contributed by atoms with Gasteiger partial charge in [0.25, 0.3) is 5.69 Å². The van der Waals surface area contributed by atoms with Gasteiger partial charge in [-0.1, -0.05) is 17.7 Å². The average Bonchev–Trinajstić information content (AvgIpc) is 2.16. The van der Waals surface area contributed by atoms with Crippen LogP contribution in [0.5, 0.6) is 0 Å². The summed E-state index contributed by atoms with van der Waals surface area (Å²) in [5, 5.41) is 13.8. The third-order valence-electron chi connectivity index (χ3n) is 2.15. The number of nitrogens with one attached hydrogen (secondary N) is 1. The van der Waals surface area contributed by atoms with Gasteiger partial charge in [-0.2, -0.15) is 0 Å². The highest BCUT2D eigenvalue weighted by Gasteiger charge is 2.12. The van der Waals surface area contributed by atoms with Crippen molar-refractivity contribution in [2.24, 2.45) is 0 Å². The molecule has 1 aromatic carbocycles. The van der Waals surface area contributed by atoms with Crippen molar-refractivity contribution in [3.63, 3.8) is 0 Å². The van der Waals surface area contributed by atoms with Crippen molar-refractivity contribution in [3.05, 3.63) is 45.5 Å². The lowest BCUT2D eigenvalue weighted by Crippen LogP contribution is -2.02. The maximum atomic E-state index is 10.8. The van der Waals surface area contributed by atoms with E-state index in [2.05, 4.69) is 5.32 Å². The van der Waals surface area contributed by atoms with Crippen molar-refractivity contribution in [2.75, 3.05) is 11.9 Å². The van der Waals surface area contributed by atoms with Crippen LogP contribution in [0.3, 0.4) is 0 Å².